The van der Waals surface area contributed by atoms with Crippen LogP contribution in [0, 0.1) is 6.92 Å². The van der Waals surface area contributed by atoms with E-state index in [1.807, 2.05) is 12.1 Å². The predicted octanol–water partition coefficient (Wildman–Crippen LogP) is 2.73. The van der Waals surface area contributed by atoms with Crippen LogP contribution in [0.5, 0.6) is 0 Å². The van der Waals surface area contributed by atoms with Gasteiger partial charge in [-0.25, -0.2) is 4.98 Å². The molecule has 1 N–H and O–H groups in total. The first-order valence-corrected chi connectivity index (χ1v) is 6.53. The van der Waals surface area contributed by atoms with Gasteiger partial charge in [-0.15, -0.1) is 0 Å². The van der Waals surface area contributed by atoms with Gasteiger partial charge in [-0.3, -0.25) is 0 Å². The van der Waals surface area contributed by atoms with Crippen molar-refractivity contribution in [1.82, 2.24) is 9.55 Å². The van der Waals surface area contributed by atoms with E-state index in [0.29, 0.717) is 0 Å². The van der Waals surface area contributed by atoms with Crippen LogP contribution in [0.15, 0.2) is 30.5 Å². The molecule has 1 aliphatic rings. The zero-order chi connectivity index (χ0) is 12.5. The van der Waals surface area contributed by atoms with Crippen LogP contribution in [0.4, 0.5) is 0 Å². The topological polar surface area (TPSA) is 38.0 Å². The molecule has 94 valence electrons. The van der Waals surface area contributed by atoms with Crippen molar-refractivity contribution < 1.29 is 5.11 Å². The summed E-state index contributed by atoms with van der Waals surface area (Å²) in [5.41, 5.74) is 3.47. The second-order valence-corrected chi connectivity index (χ2v) is 5.01. The summed E-state index contributed by atoms with van der Waals surface area (Å²) in [5, 5.41) is 9.42. The predicted molar refractivity (Wildman–Crippen MR) is 71.5 cm³/mol. The Labute approximate surface area is 107 Å². The Balaban J connectivity index is 2.05. The molecule has 3 heteroatoms. The largest absolute Gasteiger partial charge is 0.396 e. The van der Waals surface area contributed by atoms with Gasteiger partial charge >= 0.3 is 0 Å². The quantitative estimate of drug-likeness (QED) is 0.879. The van der Waals surface area contributed by atoms with E-state index >= 15 is 0 Å². The lowest BCUT2D eigenvalue weighted by Crippen LogP contribution is -2.18. The first-order chi connectivity index (χ1) is 8.79. The lowest BCUT2D eigenvalue weighted by Gasteiger charge is -2.21. The molecular formula is C15H18N2O. The molecule has 0 bridgehead atoms. The fraction of sp³-hybridized carbons (Fsp3) is 0.400. The molecule has 0 amide bonds. The average molecular weight is 242 g/mol. The van der Waals surface area contributed by atoms with E-state index in [9.17, 15) is 5.11 Å². The molecule has 0 spiro atoms. The number of hydrogen-bond donors (Lipinski definition) is 1. The third kappa shape index (κ3) is 1.85. The molecule has 2 aromatic rings. The fourth-order valence-electron chi connectivity index (χ4n) is 2.74. The number of fused-ring (bicyclic) bond motifs is 1. The van der Waals surface area contributed by atoms with E-state index in [1.54, 1.807) is 0 Å². The summed E-state index contributed by atoms with van der Waals surface area (Å²) in [5.74, 6) is 1.25. The van der Waals surface area contributed by atoms with Crippen LogP contribution in [-0.2, 0) is 6.54 Å². The molecule has 0 saturated carbocycles. The number of benzene rings is 1. The number of aliphatic hydroxyl groups excluding tert-OH is 1. The van der Waals surface area contributed by atoms with E-state index in [1.165, 1.54) is 11.1 Å². The summed E-state index contributed by atoms with van der Waals surface area (Å²) in [6.07, 6.45) is 4.29. The molecule has 0 radical (unpaired) electrons. The van der Waals surface area contributed by atoms with Crippen LogP contribution < -0.4 is 0 Å². The molecular weight excluding hydrogens is 224 g/mol. The Bertz CT molecular complexity index is 559. The van der Waals surface area contributed by atoms with Crippen LogP contribution in [0.25, 0.3) is 11.3 Å². The van der Waals surface area contributed by atoms with Crippen molar-refractivity contribution in [3.05, 3.63) is 41.9 Å². The SMILES string of the molecule is Cc1ccccc1-c1cn2c(n1)C(CO)CCC2. The van der Waals surface area contributed by atoms with Crippen LogP contribution in [0.1, 0.15) is 30.1 Å². The van der Waals surface area contributed by atoms with Gasteiger partial charge in [0.2, 0.25) is 0 Å². The van der Waals surface area contributed by atoms with Gasteiger partial charge in [0.15, 0.2) is 0 Å². The average Bonchev–Trinajstić information content (AvgIpc) is 2.82. The summed E-state index contributed by atoms with van der Waals surface area (Å²) >= 11 is 0. The molecule has 0 saturated heterocycles. The summed E-state index contributed by atoms with van der Waals surface area (Å²) in [4.78, 5) is 4.74. The highest BCUT2D eigenvalue weighted by Crippen LogP contribution is 2.30. The van der Waals surface area contributed by atoms with Gasteiger partial charge in [-0.2, -0.15) is 0 Å². The lowest BCUT2D eigenvalue weighted by atomic mass is 10.0. The lowest BCUT2D eigenvalue weighted by molar-refractivity contribution is 0.238. The number of aryl methyl sites for hydroxylation is 2. The van der Waals surface area contributed by atoms with Crippen molar-refractivity contribution in [3.63, 3.8) is 0 Å². The van der Waals surface area contributed by atoms with Crippen molar-refractivity contribution in [2.45, 2.75) is 32.2 Å². The van der Waals surface area contributed by atoms with Gasteiger partial charge in [0.05, 0.1) is 12.3 Å². The number of imidazole rings is 1. The molecule has 0 aliphatic carbocycles. The standard InChI is InChI=1S/C15H18N2O/c1-11-5-2-3-7-13(11)14-9-17-8-4-6-12(10-18)15(17)16-14/h2-3,5,7,9,12,18H,4,6,8,10H2,1H3. The molecule has 3 nitrogen and oxygen atoms in total. The number of rotatable bonds is 2. The Hall–Kier alpha value is -1.61. The number of hydrogen-bond acceptors (Lipinski definition) is 2. The third-order valence-corrected chi connectivity index (χ3v) is 3.77. The number of aliphatic hydroxyl groups is 1. The first-order valence-electron chi connectivity index (χ1n) is 6.53. The van der Waals surface area contributed by atoms with Crippen molar-refractivity contribution in [2.75, 3.05) is 6.61 Å². The summed E-state index contributed by atoms with van der Waals surface area (Å²) in [7, 11) is 0. The van der Waals surface area contributed by atoms with Gasteiger partial charge < -0.3 is 9.67 Å². The molecule has 2 heterocycles. The van der Waals surface area contributed by atoms with Crippen LogP contribution in [0.2, 0.25) is 0 Å². The van der Waals surface area contributed by atoms with Gasteiger partial charge in [-0.05, 0) is 25.3 Å². The van der Waals surface area contributed by atoms with Crippen LogP contribution in [-0.4, -0.2) is 21.3 Å². The van der Waals surface area contributed by atoms with Crippen molar-refractivity contribution in [1.29, 1.82) is 0 Å². The Morgan fingerprint density at radius 1 is 1.39 bits per heavy atom. The first kappa shape index (κ1) is 11.5. The second kappa shape index (κ2) is 4.58. The third-order valence-electron chi connectivity index (χ3n) is 3.77. The minimum atomic E-state index is 0.199. The van der Waals surface area contributed by atoms with Gasteiger partial charge in [-0.1, -0.05) is 24.3 Å². The van der Waals surface area contributed by atoms with Crippen molar-refractivity contribution in [2.24, 2.45) is 0 Å². The highest BCUT2D eigenvalue weighted by atomic mass is 16.3. The highest BCUT2D eigenvalue weighted by Gasteiger charge is 2.22. The summed E-state index contributed by atoms with van der Waals surface area (Å²) in [6, 6.07) is 8.31. The van der Waals surface area contributed by atoms with E-state index in [4.69, 9.17) is 4.98 Å². The zero-order valence-electron chi connectivity index (χ0n) is 10.6. The summed E-state index contributed by atoms with van der Waals surface area (Å²) in [6.45, 7) is 3.33. The minimum absolute atomic E-state index is 0.199. The fourth-order valence-corrected chi connectivity index (χ4v) is 2.74. The van der Waals surface area contributed by atoms with Crippen molar-refractivity contribution >= 4 is 0 Å². The van der Waals surface area contributed by atoms with Crippen LogP contribution >= 0.6 is 0 Å². The normalized spacial score (nSPS) is 18.7. The Morgan fingerprint density at radius 2 is 2.22 bits per heavy atom. The number of nitrogens with zero attached hydrogens (tertiary/aromatic N) is 2. The van der Waals surface area contributed by atoms with Crippen LogP contribution in [0.3, 0.4) is 0 Å². The van der Waals surface area contributed by atoms with E-state index in [-0.39, 0.29) is 12.5 Å². The van der Waals surface area contributed by atoms with Gasteiger partial charge in [0.25, 0.3) is 0 Å². The molecule has 1 atom stereocenters. The maximum Gasteiger partial charge on any atom is 0.114 e. The van der Waals surface area contributed by atoms with Crippen molar-refractivity contribution in [3.8, 4) is 11.3 Å². The van der Waals surface area contributed by atoms with E-state index < -0.39 is 0 Å². The molecule has 1 unspecified atom stereocenters. The summed E-state index contributed by atoms with van der Waals surface area (Å²) < 4.78 is 2.20. The smallest absolute Gasteiger partial charge is 0.114 e. The monoisotopic (exact) mass is 242 g/mol. The maximum absolute atomic E-state index is 9.42. The Kier molecular flexibility index (Phi) is 2.92. The molecule has 18 heavy (non-hydrogen) atoms. The molecule has 3 rings (SSSR count). The van der Waals surface area contributed by atoms with E-state index in [0.717, 1.165) is 30.9 Å². The molecule has 1 aromatic carbocycles. The van der Waals surface area contributed by atoms with Gasteiger partial charge in [0.1, 0.15) is 5.82 Å². The number of aromatic nitrogens is 2. The maximum atomic E-state index is 9.42. The van der Waals surface area contributed by atoms with E-state index in [2.05, 4.69) is 29.8 Å². The minimum Gasteiger partial charge on any atom is -0.396 e. The molecule has 0 fully saturated rings. The second-order valence-electron chi connectivity index (χ2n) is 5.01. The Morgan fingerprint density at radius 3 is 3.00 bits per heavy atom. The zero-order valence-corrected chi connectivity index (χ0v) is 10.6. The van der Waals surface area contributed by atoms with Gasteiger partial charge in [0, 0.05) is 24.2 Å². The highest BCUT2D eigenvalue weighted by molar-refractivity contribution is 5.63. The molecule has 1 aromatic heterocycles. The molecule has 1 aliphatic heterocycles.